The number of fused-ring (bicyclic) bond motifs is 1. The molecule has 2 atom stereocenters. The Morgan fingerprint density at radius 3 is 2.00 bits per heavy atom. The predicted octanol–water partition coefficient (Wildman–Crippen LogP) is 4.08. The van der Waals surface area contributed by atoms with Gasteiger partial charge < -0.3 is 5.11 Å². The Kier molecular flexibility index (Phi) is 3.72. The predicted molar refractivity (Wildman–Crippen MR) is 97.6 cm³/mol. The van der Waals surface area contributed by atoms with Crippen molar-refractivity contribution >= 4 is 11.0 Å². The third-order valence-electron chi connectivity index (χ3n) is 4.97. The lowest BCUT2D eigenvalue weighted by atomic mass is 9.65. The second kappa shape index (κ2) is 5.28. The van der Waals surface area contributed by atoms with E-state index in [0.29, 0.717) is 0 Å². The van der Waals surface area contributed by atoms with Crippen molar-refractivity contribution in [2.75, 3.05) is 0 Å². The van der Waals surface area contributed by atoms with Gasteiger partial charge >= 0.3 is 0 Å². The van der Waals surface area contributed by atoms with Crippen LogP contribution in [0.4, 0.5) is 0 Å². The highest BCUT2D eigenvalue weighted by atomic mass is 16.3. The Bertz CT molecular complexity index is 784. The van der Waals surface area contributed by atoms with Gasteiger partial charge in [0.1, 0.15) is 22.7 Å². The molecule has 2 aromatic rings. The minimum absolute atomic E-state index is 0.0142. The molecule has 4 nitrogen and oxygen atoms in total. The fourth-order valence-electron chi connectivity index (χ4n) is 3.34. The van der Waals surface area contributed by atoms with Crippen LogP contribution in [0.15, 0.2) is 48.1 Å². The molecule has 24 heavy (non-hydrogen) atoms. The molecule has 0 saturated carbocycles. The maximum atomic E-state index is 11.0. The van der Waals surface area contributed by atoms with E-state index in [4.69, 9.17) is 10.2 Å². The molecule has 0 fully saturated rings. The average molecular weight is 325 g/mol. The number of hydrogen-bond acceptors (Lipinski definition) is 3. The van der Waals surface area contributed by atoms with E-state index in [-0.39, 0.29) is 10.8 Å². The van der Waals surface area contributed by atoms with Crippen LogP contribution in [-0.4, -0.2) is 26.2 Å². The van der Waals surface area contributed by atoms with Crippen molar-refractivity contribution in [1.82, 2.24) is 15.0 Å². The molecular weight excluding hydrogens is 298 g/mol. The van der Waals surface area contributed by atoms with Gasteiger partial charge in [0.05, 0.1) is 0 Å². The van der Waals surface area contributed by atoms with Crippen LogP contribution in [0.2, 0.25) is 0 Å². The monoisotopic (exact) mass is 325 g/mol. The highest BCUT2D eigenvalue weighted by Crippen LogP contribution is 2.46. The number of nitrogens with zero attached hydrogens (tertiary/aromatic N) is 3. The first-order valence-electron chi connectivity index (χ1n) is 8.48. The first-order chi connectivity index (χ1) is 11.1. The summed E-state index contributed by atoms with van der Waals surface area (Å²) in [6, 6.07) is 7.82. The summed E-state index contributed by atoms with van der Waals surface area (Å²) < 4.78 is 0. The SMILES string of the molecule is CC(C)(C)C1=CC(n2nc3ccccc3n2)(C(C)(C)C)C(O)C=C1. The van der Waals surface area contributed by atoms with Gasteiger partial charge in [-0.2, -0.15) is 15.0 Å². The Balaban J connectivity index is 2.29. The second-order valence-corrected chi connectivity index (χ2v) is 8.71. The molecule has 1 aliphatic rings. The third-order valence-corrected chi connectivity index (χ3v) is 4.97. The standard InChI is InChI=1S/C20H27N3O/c1-18(2,3)14-11-12-17(24)20(13-14,19(4,5)6)23-21-15-9-7-8-10-16(15)22-23/h7-13,17,24H,1-6H3. The zero-order valence-corrected chi connectivity index (χ0v) is 15.4. The smallest absolute Gasteiger partial charge is 0.135 e. The van der Waals surface area contributed by atoms with E-state index in [1.54, 1.807) is 4.80 Å². The summed E-state index contributed by atoms with van der Waals surface area (Å²) in [4.78, 5) is 1.72. The van der Waals surface area contributed by atoms with Crippen molar-refractivity contribution in [3.63, 3.8) is 0 Å². The third kappa shape index (κ3) is 2.49. The van der Waals surface area contributed by atoms with Crippen LogP contribution in [0.5, 0.6) is 0 Å². The Morgan fingerprint density at radius 2 is 1.54 bits per heavy atom. The number of benzene rings is 1. The summed E-state index contributed by atoms with van der Waals surface area (Å²) in [5, 5.41) is 20.4. The number of rotatable bonds is 1. The fraction of sp³-hybridized carbons (Fsp3) is 0.500. The lowest BCUT2D eigenvalue weighted by molar-refractivity contribution is -0.000346. The van der Waals surface area contributed by atoms with Crippen LogP contribution in [0.1, 0.15) is 41.5 Å². The van der Waals surface area contributed by atoms with E-state index in [0.717, 1.165) is 11.0 Å². The molecule has 1 N–H and O–H groups in total. The molecule has 1 aromatic heterocycles. The van der Waals surface area contributed by atoms with Crippen molar-refractivity contribution in [2.24, 2.45) is 10.8 Å². The highest BCUT2D eigenvalue weighted by Gasteiger charge is 2.51. The number of aliphatic hydroxyl groups is 1. The van der Waals surface area contributed by atoms with Crippen LogP contribution >= 0.6 is 0 Å². The van der Waals surface area contributed by atoms with Gasteiger partial charge in [-0.05, 0) is 34.6 Å². The normalized spacial score (nSPS) is 25.1. The molecule has 3 rings (SSSR count). The lowest BCUT2D eigenvalue weighted by Gasteiger charge is -2.46. The molecule has 128 valence electrons. The number of hydrogen-bond donors (Lipinski definition) is 1. The van der Waals surface area contributed by atoms with Crippen molar-refractivity contribution in [2.45, 2.75) is 53.2 Å². The first kappa shape index (κ1) is 16.9. The van der Waals surface area contributed by atoms with Gasteiger partial charge in [-0.3, -0.25) is 0 Å². The van der Waals surface area contributed by atoms with Gasteiger partial charge in [-0.1, -0.05) is 65.8 Å². The van der Waals surface area contributed by atoms with Gasteiger partial charge in [0.2, 0.25) is 0 Å². The van der Waals surface area contributed by atoms with Crippen molar-refractivity contribution in [3.05, 3.63) is 48.1 Å². The topological polar surface area (TPSA) is 50.9 Å². The largest absolute Gasteiger partial charge is 0.386 e. The van der Waals surface area contributed by atoms with E-state index >= 15 is 0 Å². The van der Waals surface area contributed by atoms with E-state index < -0.39 is 11.6 Å². The molecule has 0 saturated heterocycles. The quantitative estimate of drug-likeness (QED) is 0.859. The minimum atomic E-state index is -0.733. The lowest BCUT2D eigenvalue weighted by Crippen LogP contribution is -2.55. The van der Waals surface area contributed by atoms with Crippen molar-refractivity contribution in [1.29, 1.82) is 0 Å². The molecule has 0 aliphatic heterocycles. The van der Waals surface area contributed by atoms with Gasteiger partial charge in [0, 0.05) is 0 Å². The van der Waals surface area contributed by atoms with Crippen molar-refractivity contribution in [3.8, 4) is 0 Å². The summed E-state index contributed by atoms with van der Waals surface area (Å²) in [5.74, 6) is 0. The second-order valence-electron chi connectivity index (χ2n) is 8.71. The van der Waals surface area contributed by atoms with E-state index in [1.165, 1.54) is 5.57 Å². The summed E-state index contributed by atoms with van der Waals surface area (Å²) in [6.07, 6.45) is 5.37. The molecule has 0 bridgehead atoms. The molecule has 4 heteroatoms. The molecule has 1 heterocycles. The van der Waals surface area contributed by atoms with Gasteiger partial charge in [-0.15, -0.1) is 0 Å². The molecular formula is C20H27N3O. The number of allylic oxidation sites excluding steroid dienone is 2. The maximum Gasteiger partial charge on any atom is 0.135 e. The summed E-state index contributed by atoms with van der Waals surface area (Å²) >= 11 is 0. The van der Waals surface area contributed by atoms with Crippen LogP contribution in [0.25, 0.3) is 11.0 Å². The van der Waals surface area contributed by atoms with Crippen molar-refractivity contribution < 1.29 is 5.11 Å². The molecule has 2 unspecified atom stereocenters. The zero-order valence-electron chi connectivity index (χ0n) is 15.4. The van der Waals surface area contributed by atoms with E-state index in [1.807, 2.05) is 36.4 Å². The number of aliphatic hydroxyl groups excluding tert-OH is 1. The molecule has 1 aromatic carbocycles. The molecule has 1 aliphatic carbocycles. The Labute approximate surface area is 143 Å². The Morgan fingerprint density at radius 1 is 1.00 bits per heavy atom. The van der Waals surface area contributed by atoms with Gasteiger partial charge in [0.15, 0.2) is 0 Å². The average Bonchev–Trinajstić information content (AvgIpc) is 2.89. The van der Waals surface area contributed by atoms with Crippen LogP contribution < -0.4 is 0 Å². The minimum Gasteiger partial charge on any atom is -0.386 e. The first-order valence-corrected chi connectivity index (χ1v) is 8.48. The van der Waals surface area contributed by atoms with E-state index in [2.05, 4.69) is 47.6 Å². The van der Waals surface area contributed by atoms with Crippen LogP contribution in [-0.2, 0) is 5.54 Å². The summed E-state index contributed by atoms with van der Waals surface area (Å²) in [7, 11) is 0. The molecule has 0 radical (unpaired) electrons. The summed E-state index contributed by atoms with van der Waals surface area (Å²) in [6.45, 7) is 12.9. The van der Waals surface area contributed by atoms with E-state index in [9.17, 15) is 5.11 Å². The van der Waals surface area contributed by atoms with Gasteiger partial charge in [-0.25, -0.2) is 0 Å². The highest BCUT2D eigenvalue weighted by molar-refractivity contribution is 5.73. The molecule has 0 spiro atoms. The summed E-state index contributed by atoms with van der Waals surface area (Å²) in [5.41, 5.74) is 1.84. The zero-order chi connectivity index (χ0) is 17.8. The maximum absolute atomic E-state index is 11.0. The van der Waals surface area contributed by atoms with Crippen LogP contribution in [0, 0.1) is 10.8 Å². The fourth-order valence-corrected chi connectivity index (χ4v) is 3.34. The number of aromatic nitrogens is 3. The molecule has 0 amide bonds. The van der Waals surface area contributed by atoms with Crippen LogP contribution in [0.3, 0.4) is 0 Å². The van der Waals surface area contributed by atoms with Gasteiger partial charge in [0.25, 0.3) is 0 Å². The Hall–Kier alpha value is -1.94.